The third-order valence-electron chi connectivity index (χ3n) is 3.92. The Hall–Kier alpha value is -1.82. The molecule has 1 heterocycles. The van der Waals surface area contributed by atoms with Crippen LogP contribution < -0.4 is 10.6 Å². The molecule has 0 radical (unpaired) electrons. The molecule has 0 spiro atoms. The normalized spacial score (nSPS) is 14.2. The summed E-state index contributed by atoms with van der Waals surface area (Å²) in [6.45, 7) is 3.98. The van der Waals surface area contributed by atoms with Crippen LogP contribution in [0, 0.1) is 0 Å². The van der Waals surface area contributed by atoms with Crippen LogP contribution in [0.15, 0.2) is 41.5 Å². The number of aliphatic hydroxyl groups is 1. The number of halogens is 4. The number of rotatable bonds is 6. The molecule has 6 nitrogen and oxygen atoms in total. The van der Waals surface area contributed by atoms with E-state index in [0.29, 0.717) is 12.5 Å². The fourth-order valence-electron chi connectivity index (χ4n) is 2.55. The van der Waals surface area contributed by atoms with Gasteiger partial charge in [-0.3, -0.25) is 4.68 Å². The van der Waals surface area contributed by atoms with Crippen molar-refractivity contribution in [3.05, 3.63) is 53.3 Å². The van der Waals surface area contributed by atoms with Crippen LogP contribution in [-0.4, -0.2) is 33.9 Å². The van der Waals surface area contributed by atoms with E-state index in [0.717, 1.165) is 10.2 Å². The summed E-state index contributed by atoms with van der Waals surface area (Å²) >= 11 is 0. The Morgan fingerprint density at radius 2 is 1.86 bits per heavy atom. The van der Waals surface area contributed by atoms with E-state index in [2.05, 4.69) is 20.7 Å². The number of nitrogens with one attached hydrogen (secondary N) is 2. The Labute approximate surface area is 179 Å². The van der Waals surface area contributed by atoms with Crippen molar-refractivity contribution >= 4 is 29.9 Å². The Balaban J connectivity index is 0.00000392. The van der Waals surface area contributed by atoms with Crippen LogP contribution in [0.5, 0.6) is 0 Å². The zero-order valence-corrected chi connectivity index (χ0v) is 18.2. The van der Waals surface area contributed by atoms with E-state index in [4.69, 9.17) is 0 Å². The predicted molar refractivity (Wildman–Crippen MR) is 112 cm³/mol. The summed E-state index contributed by atoms with van der Waals surface area (Å²) in [7, 11) is 1.43. The van der Waals surface area contributed by atoms with Gasteiger partial charge in [-0.15, -0.1) is 24.0 Å². The van der Waals surface area contributed by atoms with Crippen LogP contribution in [0.1, 0.15) is 30.7 Å². The van der Waals surface area contributed by atoms with E-state index in [1.807, 2.05) is 25.1 Å². The second-order valence-electron chi connectivity index (χ2n) is 6.36. The highest BCUT2D eigenvalue weighted by Gasteiger charge is 2.36. The molecule has 0 aliphatic heterocycles. The van der Waals surface area contributed by atoms with Gasteiger partial charge in [0.05, 0.1) is 13.1 Å². The SMILES string of the molecule is CCNC(=NCc1cn(C)nc1C(F)(F)F)NCC(C)(O)c1ccccc1.I. The van der Waals surface area contributed by atoms with Crippen molar-refractivity contribution in [3.63, 3.8) is 0 Å². The molecule has 10 heteroatoms. The zero-order valence-electron chi connectivity index (χ0n) is 15.9. The molecule has 2 rings (SSSR count). The Kier molecular flexibility index (Phi) is 8.74. The van der Waals surface area contributed by atoms with Crippen molar-refractivity contribution in [3.8, 4) is 0 Å². The number of aromatic nitrogens is 2. The molecule has 28 heavy (non-hydrogen) atoms. The lowest BCUT2D eigenvalue weighted by Crippen LogP contribution is -2.44. The maximum Gasteiger partial charge on any atom is 0.435 e. The van der Waals surface area contributed by atoms with Gasteiger partial charge in [0, 0.05) is 25.4 Å². The lowest BCUT2D eigenvalue weighted by Gasteiger charge is -2.25. The van der Waals surface area contributed by atoms with E-state index in [1.165, 1.54) is 13.2 Å². The lowest BCUT2D eigenvalue weighted by molar-refractivity contribution is -0.142. The highest BCUT2D eigenvalue weighted by Crippen LogP contribution is 2.30. The van der Waals surface area contributed by atoms with Gasteiger partial charge < -0.3 is 15.7 Å². The fraction of sp³-hybridized carbons (Fsp3) is 0.444. The molecule has 1 aromatic carbocycles. The van der Waals surface area contributed by atoms with Crippen LogP contribution in [0.4, 0.5) is 13.2 Å². The van der Waals surface area contributed by atoms with Crippen LogP contribution in [-0.2, 0) is 25.4 Å². The Morgan fingerprint density at radius 1 is 1.21 bits per heavy atom. The average molecular weight is 511 g/mol. The first-order valence-corrected chi connectivity index (χ1v) is 8.53. The summed E-state index contributed by atoms with van der Waals surface area (Å²) in [5.41, 5.74) is -1.40. The van der Waals surface area contributed by atoms with E-state index >= 15 is 0 Å². The number of aryl methyl sites for hydroxylation is 1. The largest absolute Gasteiger partial charge is 0.435 e. The van der Waals surface area contributed by atoms with Gasteiger partial charge in [-0.05, 0) is 19.4 Å². The number of hydrogen-bond acceptors (Lipinski definition) is 3. The average Bonchev–Trinajstić information content (AvgIpc) is 2.99. The fourth-order valence-corrected chi connectivity index (χ4v) is 2.55. The van der Waals surface area contributed by atoms with Gasteiger partial charge in [0.15, 0.2) is 11.7 Å². The monoisotopic (exact) mass is 511 g/mol. The van der Waals surface area contributed by atoms with Crippen molar-refractivity contribution in [2.24, 2.45) is 12.0 Å². The van der Waals surface area contributed by atoms with Crippen molar-refractivity contribution in [1.82, 2.24) is 20.4 Å². The van der Waals surface area contributed by atoms with E-state index in [9.17, 15) is 18.3 Å². The smallest absolute Gasteiger partial charge is 0.384 e. The number of aliphatic imine (C=N–C) groups is 1. The minimum absolute atomic E-state index is 0. The summed E-state index contributed by atoms with van der Waals surface area (Å²) in [5.74, 6) is 0.311. The van der Waals surface area contributed by atoms with Gasteiger partial charge in [-0.25, -0.2) is 4.99 Å². The van der Waals surface area contributed by atoms with Crippen LogP contribution in [0.2, 0.25) is 0 Å². The van der Waals surface area contributed by atoms with Gasteiger partial charge in [-0.2, -0.15) is 18.3 Å². The highest BCUT2D eigenvalue weighted by molar-refractivity contribution is 14.0. The van der Waals surface area contributed by atoms with Gasteiger partial charge in [0.1, 0.15) is 5.60 Å². The molecule has 1 unspecified atom stereocenters. The number of guanidine groups is 1. The van der Waals surface area contributed by atoms with E-state index < -0.39 is 17.5 Å². The summed E-state index contributed by atoms with van der Waals surface area (Å²) in [4.78, 5) is 4.20. The van der Waals surface area contributed by atoms with Gasteiger partial charge in [0.25, 0.3) is 0 Å². The van der Waals surface area contributed by atoms with Gasteiger partial charge in [-0.1, -0.05) is 30.3 Å². The molecule has 0 amide bonds. The van der Waals surface area contributed by atoms with Crippen LogP contribution in [0.3, 0.4) is 0 Å². The molecule has 0 fully saturated rings. The number of alkyl halides is 3. The topological polar surface area (TPSA) is 74.5 Å². The van der Waals surface area contributed by atoms with E-state index in [1.54, 1.807) is 19.1 Å². The molecule has 1 atom stereocenters. The summed E-state index contributed by atoms with van der Waals surface area (Å²) in [6.07, 6.45) is -3.23. The third kappa shape index (κ3) is 6.66. The number of hydrogen-bond donors (Lipinski definition) is 3. The van der Waals surface area contributed by atoms with Crippen molar-refractivity contribution in [2.75, 3.05) is 13.1 Å². The molecule has 0 bridgehead atoms. The minimum atomic E-state index is -4.53. The van der Waals surface area contributed by atoms with Crippen molar-refractivity contribution in [1.29, 1.82) is 0 Å². The molecular formula is C18H25F3IN5O. The molecule has 0 aliphatic carbocycles. The second-order valence-corrected chi connectivity index (χ2v) is 6.36. The quantitative estimate of drug-likeness (QED) is 0.317. The van der Waals surface area contributed by atoms with Crippen LogP contribution >= 0.6 is 24.0 Å². The number of nitrogens with zero attached hydrogens (tertiary/aromatic N) is 3. The molecule has 0 saturated carbocycles. The minimum Gasteiger partial charge on any atom is -0.384 e. The first-order chi connectivity index (χ1) is 12.6. The highest BCUT2D eigenvalue weighted by atomic mass is 127. The molecule has 0 aliphatic rings. The van der Waals surface area contributed by atoms with Gasteiger partial charge in [0.2, 0.25) is 0 Å². The summed E-state index contributed by atoms with van der Waals surface area (Å²) < 4.78 is 40.2. The third-order valence-corrected chi connectivity index (χ3v) is 3.92. The molecule has 0 saturated heterocycles. The summed E-state index contributed by atoms with van der Waals surface area (Å²) in [5, 5.41) is 20.0. The molecular weight excluding hydrogens is 486 g/mol. The molecule has 2 aromatic rings. The maximum absolute atomic E-state index is 13.0. The lowest BCUT2D eigenvalue weighted by atomic mass is 9.96. The standard InChI is InChI=1S/C18H24F3N5O.HI/c1-4-22-16(24-12-17(2,27)14-8-6-5-7-9-14)23-10-13-11-26(3)25-15(13)18(19,20)21;/h5-9,11,27H,4,10,12H2,1-3H3,(H2,22,23,24);1H. The van der Waals surface area contributed by atoms with Crippen molar-refractivity contribution < 1.29 is 18.3 Å². The van der Waals surface area contributed by atoms with Crippen LogP contribution in [0.25, 0.3) is 0 Å². The van der Waals surface area contributed by atoms with Gasteiger partial charge >= 0.3 is 6.18 Å². The Morgan fingerprint density at radius 3 is 2.43 bits per heavy atom. The molecule has 1 aromatic heterocycles. The second kappa shape index (κ2) is 10.1. The molecule has 3 N–H and O–H groups in total. The Bertz CT molecular complexity index is 775. The maximum atomic E-state index is 13.0. The van der Waals surface area contributed by atoms with E-state index in [-0.39, 0.29) is 42.6 Å². The number of benzene rings is 1. The van der Waals surface area contributed by atoms with Crippen molar-refractivity contribution in [2.45, 2.75) is 32.2 Å². The zero-order chi connectivity index (χ0) is 20.1. The predicted octanol–water partition coefficient (Wildman–Crippen LogP) is 3.02. The summed E-state index contributed by atoms with van der Waals surface area (Å²) in [6, 6.07) is 9.10. The molecule has 156 valence electrons. The first-order valence-electron chi connectivity index (χ1n) is 8.53. The first kappa shape index (κ1) is 24.2.